The quantitative estimate of drug-likeness (QED) is 0.0888. The van der Waals surface area contributed by atoms with Gasteiger partial charge in [0.1, 0.15) is 23.7 Å². The molecule has 2 saturated heterocycles. The first kappa shape index (κ1) is 41.0. The van der Waals surface area contributed by atoms with Gasteiger partial charge < -0.3 is 40.2 Å². The molecule has 2 fully saturated rings. The number of benzene rings is 3. The molecule has 2 aromatic heterocycles. The smallest absolute Gasteiger partial charge is 0.407 e. The second-order valence-electron chi connectivity index (χ2n) is 16.3. The number of nitrogens with zero attached hydrogens (tertiary/aromatic N) is 4. The summed E-state index contributed by atoms with van der Waals surface area (Å²) in [4.78, 5) is 70.8. The third-order valence-electron chi connectivity index (χ3n) is 11.7. The number of nitrogens with one attached hydrogen (secondary N) is 4. The van der Waals surface area contributed by atoms with Crippen LogP contribution in [0.4, 0.5) is 9.59 Å². The van der Waals surface area contributed by atoms with E-state index in [1.807, 2.05) is 38.8 Å². The van der Waals surface area contributed by atoms with Gasteiger partial charge in [-0.15, -0.1) is 0 Å². The van der Waals surface area contributed by atoms with Crippen molar-refractivity contribution in [1.82, 2.24) is 40.4 Å². The van der Waals surface area contributed by atoms with Gasteiger partial charge in [0, 0.05) is 18.7 Å². The highest BCUT2D eigenvalue weighted by molar-refractivity contribution is 5.91. The summed E-state index contributed by atoms with van der Waals surface area (Å²) in [6.07, 6.45) is 7.01. The number of carbonyl (C=O) groups is 4. The van der Waals surface area contributed by atoms with E-state index in [0.717, 1.165) is 88.8 Å². The van der Waals surface area contributed by atoms with Crippen LogP contribution in [0.15, 0.2) is 73.1 Å². The fraction of sp³-hybridized carbons (Fsp3) is 0.422. The van der Waals surface area contributed by atoms with Gasteiger partial charge in [0.05, 0.1) is 43.0 Å². The maximum Gasteiger partial charge on any atom is 0.407 e. The number of hydrogen-bond acceptors (Lipinski definition) is 7. The van der Waals surface area contributed by atoms with Gasteiger partial charge in [-0.2, -0.15) is 0 Å². The van der Waals surface area contributed by atoms with E-state index < -0.39 is 24.3 Å². The molecule has 4 heterocycles. The van der Waals surface area contributed by atoms with Crippen molar-refractivity contribution >= 4 is 34.8 Å². The number of alkyl carbamates (subject to hydrolysis) is 1. The molecule has 0 aliphatic carbocycles. The predicted octanol–water partition coefficient (Wildman–Crippen LogP) is 8.07. The SMILES string of the molecule is COC(=O)NC(C(=O)N1CCCC[C@H]1c1ncc(-c2ccc3cc(-c4ccc(-c5cnc([C@@H]6CCCCN6C(=O)C(NC(=O)O)C(C)C)[nH]5)cc4)ccc3c2)[nH]1)C(C)C. The molecule has 4 amide bonds. The van der Waals surface area contributed by atoms with Crippen molar-refractivity contribution in [2.75, 3.05) is 20.2 Å². The number of rotatable bonds is 11. The van der Waals surface area contributed by atoms with E-state index in [0.29, 0.717) is 18.9 Å². The maximum atomic E-state index is 13.7. The Morgan fingerprint density at radius 2 is 1.12 bits per heavy atom. The highest BCUT2D eigenvalue weighted by Gasteiger charge is 2.37. The number of ether oxygens (including phenoxy) is 1. The summed E-state index contributed by atoms with van der Waals surface area (Å²) in [7, 11) is 1.30. The molecule has 59 heavy (non-hydrogen) atoms. The molecular weight excluding hydrogens is 749 g/mol. The lowest BCUT2D eigenvalue weighted by molar-refractivity contribution is -0.139. The van der Waals surface area contributed by atoms with Crippen LogP contribution in [0, 0.1) is 11.8 Å². The van der Waals surface area contributed by atoms with E-state index in [1.165, 1.54) is 7.11 Å². The Kier molecular flexibility index (Phi) is 12.3. The van der Waals surface area contributed by atoms with Gasteiger partial charge >= 0.3 is 12.2 Å². The summed E-state index contributed by atoms with van der Waals surface area (Å²) in [5, 5.41) is 16.7. The number of piperidine rings is 2. The largest absolute Gasteiger partial charge is 0.465 e. The van der Waals surface area contributed by atoms with E-state index >= 15 is 0 Å². The molecule has 3 aromatic carbocycles. The second kappa shape index (κ2) is 17.8. The summed E-state index contributed by atoms with van der Waals surface area (Å²) in [5.74, 6) is 0.776. The fourth-order valence-corrected chi connectivity index (χ4v) is 8.40. The number of aromatic nitrogens is 4. The zero-order chi connectivity index (χ0) is 41.8. The molecule has 0 spiro atoms. The summed E-state index contributed by atoms with van der Waals surface area (Å²) in [5.41, 5.74) is 5.83. The maximum absolute atomic E-state index is 13.7. The first-order valence-electron chi connectivity index (χ1n) is 20.6. The molecule has 4 atom stereocenters. The highest BCUT2D eigenvalue weighted by Crippen LogP contribution is 2.35. The van der Waals surface area contributed by atoms with Crippen LogP contribution in [-0.4, -0.2) is 91.1 Å². The molecule has 2 aliphatic rings. The highest BCUT2D eigenvalue weighted by atomic mass is 16.5. The molecule has 5 N–H and O–H groups in total. The van der Waals surface area contributed by atoms with E-state index in [9.17, 15) is 24.3 Å². The number of amides is 4. The third-order valence-corrected chi connectivity index (χ3v) is 11.7. The Balaban J connectivity index is 1.04. The molecule has 2 unspecified atom stereocenters. The third kappa shape index (κ3) is 8.96. The van der Waals surface area contributed by atoms with E-state index in [-0.39, 0.29) is 35.7 Å². The first-order valence-corrected chi connectivity index (χ1v) is 20.6. The molecular formula is C45H54N8O6. The lowest BCUT2D eigenvalue weighted by atomic mass is 9.97. The normalized spacial score (nSPS) is 18.2. The Morgan fingerprint density at radius 1 is 0.661 bits per heavy atom. The lowest BCUT2D eigenvalue weighted by Crippen LogP contribution is -2.53. The van der Waals surface area contributed by atoms with Crippen molar-refractivity contribution in [3.63, 3.8) is 0 Å². The summed E-state index contributed by atoms with van der Waals surface area (Å²) >= 11 is 0. The molecule has 14 nitrogen and oxygen atoms in total. The molecule has 0 radical (unpaired) electrons. The standard InChI is InChI=1S/C45H54N8O6/c1-26(2)38(50-44(56)57)42(54)52-20-8-6-10-36(52)40-46-24-34(48-40)29-14-12-28(13-15-29)30-16-17-32-23-33(19-18-31(32)22-30)35-25-47-41(49-35)37-11-7-9-21-53(37)43(55)39(27(3)4)51-45(58)59-5/h12-19,22-27,36-39,50H,6-11,20-21H2,1-5H3,(H,46,48)(H,47,49)(H,51,58)(H,56,57)/t36-,37-,38?,39?/m0/s1. The molecule has 7 rings (SSSR count). The van der Waals surface area contributed by atoms with Crippen molar-refractivity contribution in [2.24, 2.45) is 11.8 Å². The Bertz CT molecular complexity index is 2300. The van der Waals surface area contributed by atoms with Gasteiger partial charge in [-0.1, -0.05) is 76.2 Å². The van der Waals surface area contributed by atoms with Gasteiger partial charge in [-0.25, -0.2) is 19.6 Å². The summed E-state index contributed by atoms with van der Waals surface area (Å²) in [6.45, 7) is 8.65. The van der Waals surface area contributed by atoms with Gasteiger partial charge in [0.2, 0.25) is 11.8 Å². The fourth-order valence-electron chi connectivity index (χ4n) is 8.40. The van der Waals surface area contributed by atoms with Crippen molar-refractivity contribution in [3.8, 4) is 33.6 Å². The number of aromatic amines is 2. The average molecular weight is 803 g/mol. The summed E-state index contributed by atoms with van der Waals surface area (Å²) in [6, 6.07) is 19.0. The zero-order valence-corrected chi connectivity index (χ0v) is 34.3. The Morgan fingerprint density at radius 3 is 1.63 bits per heavy atom. The Hall–Kier alpha value is -6.18. The first-order chi connectivity index (χ1) is 28.4. The number of carbonyl (C=O) groups excluding carboxylic acids is 3. The number of H-pyrrole nitrogens is 2. The van der Waals surface area contributed by atoms with Crippen LogP contribution in [0.5, 0.6) is 0 Å². The number of methoxy groups -OCH3 is 1. The molecule has 14 heteroatoms. The molecule has 0 saturated carbocycles. The van der Waals surface area contributed by atoms with Crippen LogP contribution in [0.25, 0.3) is 44.4 Å². The predicted molar refractivity (Wildman–Crippen MR) is 225 cm³/mol. The minimum Gasteiger partial charge on any atom is -0.465 e. The van der Waals surface area contributed by atoms with Crippen LogP contribution in [0.1, 0.15) is 90.0 Å². The van der Waals surface area contributed by atoms with E-state index in [4.69, 9.17) is 14.7 Å². The van der Waals surface area contributed by atoms with Crippen molar-refractivity contribution in [2.45, 2.75) is 90.4 Å². The topological polar surface area (TPSA) is 186 Å². The summed E-state index contributed by atoms with van der Waals surface area (Å²) < 4.78 is 4.79. The number of hydrogen-bond donors (Lipinski definition) is 5. The van der Waals surface area contributed by atoms with Gasteiger partial charge in [0.25, 0.3) is 0 Å². The number of carboxylic acid groups (broad SMARTS) is 1. The number of fused-ring (bicyclic) bond motifs is 1. The van der Waals surface area contributed by atoms with Crippen molar-refractivity contribution < 1.29 is 29.0 Å². The van der Waals surface area contributed by atoms with E-state index in [1.54, 1.807) is 11.1 Å². The van der Waals surface area contributed by atoms with Crippen LogP contribution in [0.3, 0.4) is 0 Å². The van der Waals surface area contributed by atoms with Crippen LogP contribution < -0.4 is 10.6 Å². The zero-order valence-electron chi connectivity index (χ0n) is 34.3. The number of likely N-dealkylation sites (tertiary alicyclic amines) is 2. The molecule has 0 bridgehead atoms. The van der Waals surface area contributed by atoms with Gasteiger partial charge in [0.15, 0.2) is 0 Å². The molecule has 310 valence electrons. The molecule has 5 aromatic rings. The average Bonchev–Trinajstić information content (AvgIpc) is 3.95. The van der Waals surface area contributed by atoms with Gasteiger partial charge in [-0.05, 0) is 90.0 Å². The van der Waals surface area contributed by atoms with E-state index in [2.05, 4.69) is 81.3 Å². The van der Waals surface area contributed by atoms with Crippen molar-refractivity contribution in [3.05, 3.63) is 84.7 Å². The van der Waals surface area contributed by atoms with Crippen LogP contribution >= 0.6 is 0 Å². The second-order valence-corrected chi connectivity index (χ2v) is 16.3. The number of imidazole rings is 2. The minimum absolute atomic E-state index is 0.111. The Labute approximate surface area is 344 Å². The van der Waals surface area contributed by atoms with Crippen LogP contribution in [-0.2, 0) is 14.3 Å². The van der Waals surface area contributed by atoms with Crippen LogP contribution in [0.2, 0.25) is 0 Å². The molecule has 2 aliphatic heterocycles. The minimum atomic E-state index is -1.21. The lowest BCUT2D eigenvalue weighted by Gasteiger charge is -2.37. The monoisotopic (exact) mass is 802 g/mol. The van der Waals surface area contributed by atoms with Gasteiger partial charge in [-0.3, -0.25) is 9.59 Å². The van der Waals surface area contributed by atoms with Crippen molar-refractivity contribution in [1.29, 1.82) is 0 Å².